The van der Waals surface area contributed by atoms with E-state index in [2.05, 4.69) is 13.8 Å². The number of ketones is 1. The predicted molar refractivity (Wildman–Crippen MR) is 64.3 cm³/mol. The molecule has 0 N–H and O–H groups in total. The summed E-state index contributed by atoms with van der Waals surface area (Å²) < 4.78 is 0. The summed E-state index contributed by atoms with van der Waals surface area (Å²) in [6.45, 7) is 5.88. The Kier molecular flexibility index (Phi) is 4.34. The van der Waals surface area contributed by atoms with Gasteiger partial charge in [-0.1, -0.05) is 43.6 Å². The Hall–Kier alpha value is -0.820. The van der Waals surface area contributed by atoms with Crippen molar-refractivity contribution in [2.75, 3.05) is 0 Å². The van der Waals surface area contributed by atoms with E-state index >= 15 is 0 Å². The third-order valence-corrected chi connectivity index (χ3v) is 2.96. The summed E-state index contributed by atoms with van der Waals surface area (Å²) in [5, 5.41) is 0.762. The molecule has 0 spiro atoms. The van der Waals surface area contributed by atoms with E-state index in [0.717, 1.165) is 10.6 Å². The average Bonchev–Trinajstić information content (AvgIpc) is 2.15. The number of halogens is 1. The van der Waals surface area contributed by atoms with Crippen LogP contribution in [0.5, 0.6) is 0 Å². The van der Waals surface area contributed by atoms with Gasteiger partial charge in [0.05, 0.1) is 0 Å². The van der Waals surface area contributed by atoms with E-state index in [0.29, 0.717) is 12.3 Å². The van der Waals surface area contributed by atoms with Crippen LogP contribution in [0.1, 0.15) is 38.7 Å². The van der Waals surface area contributed by atoms with Gasteiger partial charge in [0.25, 0.3) is 0 Å². The van der Waals surface area contributed by atoms with Crippen molar-refractivity contribution in [3.05, 3.63) is 34.9 Å². The molecule has 15 heavy (non-hydrogen) atoms. The number of benzene rings is 1. The van der Waals surface area contributed by atoms with Gasteiger partial charge in [-0.25, -0.2) is 0 Å². The highest BCUT2D eigenvalue weighted by Gasteiger charge is 2.19. The minimum absolute atomic E-state index is 0.216. The van der Waals surface area contributed by atoms with Gasteiger partial charge in [0.2, 0.25) is 0 Å². The number of carbonyl (C=O) groups is 1. The highest BCUT2D eigenvalue weighted by atomic mass is 35.5. The molecule has 0 aliphatic heterocycles. The monoisotopic (exact) mass is 224 g/mol. The van der Waals surface area contributed by atoms with Crippen LogP contribution in [0.2, 0.25) is 5.02 Å². The van der Waals surface area contributed by atoms with E-state index in [-0.39, 0.29) is 11.7 Å². The standard InChI is InChI=1S/C13H17ClO/c1-9(2)12(8-10(3)15)11-6-4-5-7-13(11)14/h4-7,9,12H,8H2,1-3H3. The van der Waals surface area contributed by atoms with Crippen LogP contribution in [0, 0.1) is 5.92 Å². The minimum Gasteiger partial charge on any atom is -0.300 e. The lowest BCUT2D eigenvalue weighted by atomic mass is 9.85. The van der Waals surface area contributed by atoms with E-state index in [1.165, 1.54) is 0 Å². The molecule has 0 bridgehead atoms. The second-order valence-electron chi connectivity index (χ2n) is 4.28. The highest BCUT2D eigenvalue weighted by molar-refractivity contribution is 6.31. The summed E-state index contributed by atoms with van der Waals surface area (Å²) in [6, 6.07) is 7.77. The fraction of sp³-hybridized carbons (Fsp3) is 0.462. The maximum atomic E-state index is 11.2. The van der Waals surface area contributed by atoms with Gasteiger partial charge in [0.1, 0.15) is 5.78 Å². The van der Waals surface area contributed by atoms with Crippen LogP contribution in [0.3, 0.4) is 0 Å². The number of hydrogen-bond acceptors (Lipinski definition) is 1. The highest BCUT2D eigenvalue weighted by Crippen LogP contribution is 2.32. The summed E-state index contributed by atoms with van der Waals surface area (Å²) in [5.41, 5.74) is 1.09. The first-order valence-corrected chi connectivity index (χ1v) is 5.64. The number of hydrogen-bond donors (Lipinski definition) is 0. The second-order valence-corrected chi connectivity index (χ2v) is 4.69. The van der Waals surface area contributed by atoms with E-state index in [1.807, 2.05) is 24.3 Å². The Labute approximate surface area is 96.5 Å². The first kappa shape index (κ1) is 12.3. The maximum absolute atomic E-state index is 11.2. The van der Waals surface area contributed by atoms with Gasteiger partial charge in [0, 0.05) is 11.4 Å². The topological polar surface area (TPSA) is 17.1 Å². The Morgan fingerprint density at radius 1 is 1.33 bits per heavy atom. The molecule has 2 heteroatoms. The fourth-order valence-electron chi connectivity index (χ4n) is 1.79. The smallest absolute Gasteiger partial charge is 0.130 e. The number of carbonyl (C=O) groups excluding carboxylic acids is 1. The van der Waals surface area contributed by atoms with Gasteiger partial charge in [-0.05, 0) is 30.4 Å². The van der Waals surface area contributed by atoms with E-state index in [9.17, 15) is 4.79 Å². The molecule has 0 aliphatic carbocycles. The molecule has 0 saturated carbocycles. The predicted octanol–water partition coefficient (Wildman–Crippen LogP) is 4.06. The molecule has 0 aromatic heterocycles. The van der Waals surface area contributed by atoms with Crippen molar-refractivity contribution in [2.24, 2.45) is 5.92 Å². The molecule has 0 fully saturated rings. The largest absolute Gasteiger partial charge is 0.300 e. The zero-order chi connectivity index (χ0) is 11.4. The molecular formula is C13H17ClO. The summed E-state index contributed by atoms with van der Waals surface area (Å²) in [4.78, 5) is 11.2. The average molecular weight is 225 g/mol. The van der Waals surface area contributed by atoms with Crippen LogP contribution in [0.4, 0.5) is 0 Å². The van der Waals surface area contributed by atoms with Crippen molar-refractivity contribution in [3.63, 3.8) is 0 Å². The van der Waals surface area contributed by atoms with Crippen LogP contribution in [-0.4, -0.2) is 5.78 Å². The van der Waals surface area contributed by atoms with E-state index in [4.69, 9.17) is 11.6 Å². The number of Topliss-reactive ketones (excluding diaryl/α,β-unsaturated/α-hetero) is 1. The molecule has 1 rings (SSSR count). The SMILES string of the molecule is CC(=O)CC(c1ccccc1Cl)C(C)C. The Balaban J connectivity index is 2.99. The third kappa shape index (κ3) is 3.35. The van der Waals surface area contributed by atoms with Crippen molar-refractivity contribution in [3.8, 4) is 0 Å². The maximum Gasteiger partial charge on any atom is 0.130 e. The zero-order valence-electron chi connectivity index (χ0n) is 9.46. The second kappa shape index (κ2) is 5.32. The molecule has 1 aromatic carbocycles. The summed E-state index contributed by atoms with van der Waals surface area (Å²) in [5.74, 6) is 0.874. The summed E-state index contributed by atoms with van der Waals surface area (Å²) >= 11 is 6.14. The molecule has 1 unspecified atom stereocenters. The van der Waals surface area contributed by atoms with Crippen molar-refractivity contribution >= 4 is 17.4 Å². The molecular weight excluding hydrogens is 208 g/mol. The zero-order valence-corrected chi connectivity index (χ0v) is 10.2. The van der Waals surface area contributed by atoms with E-state index in [1.54, 1.807) is 6.92 Å². The lowest BCUT2D eigenvalue weighted by molar-refractivity contribution is -0.117. The lowest BCUT2D eigenvalue weighted by Crippen LogP contribution is -2.11. The first-order chi connectivity index (χ1) is 7.02. The Bertz CT molecular complexity index is 344. The van der Waals surface area contributed by atoms with Crippen LogP contribution < -0.4 is 0 Å². The van der Waals surface area contributed by atoms with E-state index < -0.39 is 0 Å². The molecule has 1 nitrogen and oxygen atoms in total. The molecule has 0 amide bonds. The summed E-state index contributed by atoms with van der Waals surface area (Å²) in [7, 11) is 0. The van der Waals surface area contributed by atoms with Gasteiger partial charge in [-0.15, -0.1) is 0 Å². The number of rotatable bonds is 4. The quantitative estimate of drug-likeness (QED) is 0.754. The van der Waals surface area contributed by atoms with Crippen molar-refractivity contribution in [1.82, 2.24) is 0 Å². The van der Waals surface area contributed by atoms with Crippen molar-refractivity contribution in [2.45, 2.75) is 33.1 Å². The van der Waals surface area contributed by atoms with Crippen LogP contribution in [-0.2, 0) is 4.79 Å². The molecule has 1 aromatic rings. The van der Waals surface area contributed by atoms with Gasteiger partial charge in [-0.3, -0.25) is 0 Å². The van der Waals surface area contributed by atoms with Gasteiger partial charge < -0.3 is 4.79 Å². The van der Waals surface area contributed by atoms with Crippen molar-refractivity contribution < 1.29 is 4.79 Å². The summed E-state index contributed by atoms with van der Waals surface area (Å²) in [6.07, 6.45) is 0.571. The molecule has 0 heterocycles. The Morgan fingerprint density at radius 3 is 2.40 bits per heavy atom. The van der Waals surface area contributed by atoms with Crippen molar-refractivity contribution in [1.29, 1.82) is 0 Å². The Morgan fingerprint density at radius 2 is 1.93 bits per heavy atom. The third-order valence-electron chi connectivity index (χ3n) is 2.62. The lowest BCUT2D eigenvalue weighted by Gasteiger charge is -2.21. The normalized spacial score (nSPS) is 12.9. The molecule has 82 valence electrons. The van der Waals surface area contributed by atoms with Gasteiger partial charge in [0.15, 0.2) is 0 Å². The van der Waals surface area contributed by atoms with Gasteiger partial charge >= 0.3 is 0 Å². The molecule has 0 radical (unpaired) electrons. The van der Waals surface area contributed by atoms with Crippen LogP contribution >= 0.6 is 11.6 Å². The van der Waals surface area contributed by atoms with Crippen LogP contribution in [0.25, 0.3) is 0 Å². The molecule has 1 atom stereocenters. The van der Waals surface area contributed by atoms with Crippen LogP contribution in [0.15, 0.2) is 24.3 Å². The fourth-order valence-corrected chi connectivity index (χ4v) is 2.07. The minimum atomic E-state index is 0.216. The van der Waals surface area contributed by atoms with Gasteiger partial charge in [-0.2, -0.15) is 0 Å². The molecule has 0 aliphatic rings. The first-order valence-electron chi connectivity index (χ1n) is 5.26. The molecule has 0 saturated heterocycles.